The van der Waals surface area contributed by atoms with Gasteiger partial charge in [-0.15, -0.1) is 11.3 Å². The molecule has 0 unspecified atom stereocenters. The van der Waals surface area contributed by atoms with Crippen LogP contribution in [0.1, 0.15) is 48.5 Å². The summed E-state index contributed by atoms with van der Waals surface area (Å²) in [5.74, 6) is 1.03. The van der Waals surface area contributed by atoms with Crippen LogP contribution in [-0.2, 0) is 24.2 Å². The van der Waals surface area contributed by atoms with Crippen molar-refractivity contribution in [1.82, 2.24) is 19.9 Å². The van der Waals surface area contributed by atoms with Crippen LogP contribution >= 0.6 is 11.3 Å². The first-order chi connectivity index (χ1) is 12.7. The van der Waals surface area contributed by atoms with Gasteiger partial charge in [-0.3, -0.25) is 4.79 Å². The minimum absolute atomic E-state index is 0.222. The number of aromatic nitrogens is 3. The van der Waals surface area contributed by atoms with Crippen LogP contribution in [0.15, 0.2) is 11.6 Å². The fourth-order valence-electron chi connectivity index (χ4n) is 4.80. The number of anilines is 1. The van der Waals surface area contributed by atoms with Crippen LogP contribution in [0.5, 0.6) is 0 Å². The van der Waals surface area contributed by atoms with Gasteiger partial charge in [0.2, 0.25) is 5.91 Å². The molecule has 4 heterocycles. The van der Waals surface area contributed by atoms with Gasteiger partial charge in [0.1, 0.15) is 5.82 Å². The molecule has 0 N–H and O–H groups in total. The number of likely N-dealkylation sites (tertiary alicyclic amines) is 1. The van der Waals surface area contributed by atoms with E-state index in [4.69, 9.17) is 9.97 Å². The first-order valence-electron chi connectivity index (χ1n) is 9.51. The van der Waals surface area contributed by atoms with Crippen molar-refractivity contribution in [2.24, 2.45) is 0 Å². The summed E-state index contributed by atoms with van der Waals surface area (Å²) >= 11 is 1.65. The molecule has 0 radical (unpaired) electrons. The lowest BCUT2D eigenvalue weighted by Gasteiger charge is -2.25. The van der Waals surface area contributed by atoms with Crippen LogP contribution < -0.4 is 4.90 Å². The van der Waals surface area contributed by atoms with Crippen molar-refractivity contribution in [3.63, 3.8) is 0 Å². The maximum atomic E-state index is 12.7. The number of amides is 1. The zero-order valence-corrected chi connectivity index (χ0v) is 15.8. The largest absolute Gasteiger partial charge is 0.342 e. The van der Waals surface area contributed by atoms with Crippen molar-refractivity contribution in [2.45, 2.75) is 64.1 Å². The summed E-state index contributed by atoms with van der Waals surface area (Å²) in [6.07, 6.45) is 8.00. The summed E-state index contributed by atoms with van der Waals surface area (Å²) in [6.45, 7) is 3.60. The van der Waals surface area contributed by atoms with E-state index in [2.05, 4.69) is 16.8 Å². The quantitative estimate of drug-likeness (QED) is 0.832. The fraction of sp³-hybridized carbons (Fsp3) is 0.579. The summed E-state index contributed by atoms with van der Waals surface area (Å²) in [6, 6.07) is 0.499. The Labute approximate surface area is 157 Å². The molecule has 26 heavy (non-hydrogen) atoms. The lowest BCUT2D eigenvalue weighted by atomic mass is 9.95. The predicted octanol–water partition coefficient (Wildman–Crippen LogP) is 2.50. The van der Waals surface area contributed by atoms with Gasteiger partial charge in [-0.05, 0) is 44.6 Å². The van der Waals surface area contributed by atoms with E-state index < -0.39 is 0 Å². The Balaban J connectivity index is 1.38. The third-order valence-corrected chi connectivity index (χ3v) is 6.84. The number of fused-ring (bicyclic) bond motifs is 2. The van der Waals surface area contributed by atoms with E-state index in [0.717, 1.165) is 42.5 Å². The highest BCUT2D eigenvalue weighted by molar-refractivity contribution is 7.13. The lowest BCUT2D eigenvalue weighted by Crippen LogP contribution is -2.37. The van der Waals surface area contributed by atoms with Gasteiger partial charge in [0.15, 0.2) is 5.13 Å². The van der Waals surface area contributed by atoms with Gasteiger partial charge in [-0.2, -0.15) is 0 Å². The molecule has 2 aliphatic heterocycles. The molecule has 0 aromatic carbocycles. The molecule has 136 valence electrons. The normalized spacial score (nSPS) is 24.9. The van der Waals surface area contributed by atoms with Crippen molar-refractivity contribution in [3.8, 4) is 0 Å². The zero-order chi connectivity index (χ0) is 17.7. The highest BCUT2D eigenvalue weighted by Gasteiger charge is 2.47. The topological polar surface area (TPSA) is 62.2 Å². The maximum absolute atomic E-state index is 12.7. The Hall–Kier alpha value is -2.02. The van der Waals surface area contributed by atoms with Crippen LogP contribution in [0.4, 0.5) is 5.13 Å². The second-order valence-corrected chi connectivity index (χ2v) is 8.39. The third-order valence-electron chi connectivity index (χ3n) is 6.03. The Morgan fingerprint density at radius 1 is 1.23 bits per heavy atom. The smallest absolute Gasteiger partial charge is 0.225 e. The average Bonchev–Trinajstić information content (AvgIpc) is 3.34. The molecular formula is C19H23N5OS. The van der Waals surface area contributed by atoms with E-state index in [1.165, 1.54) is 24.1 Å². The molecule has 2 saturated heterocycles. The molecule has 1 aliphatic carbocycles. The monoisotopic (exact) mass is 369 g/mol. The van der Waals surface area contributed by atoms with Crippen molar-refractivity contribution >= 4 is 22.4 Å². The van der Waals surface area contributed by atoms with E-state index in [1.54, 1.807) is 11.3 Å². The van der Waals surface area contributed by atoms with Crippen LogP contribution in [0.3, 0.4) is 0 Å². The standard InChI is InChI=1S/C19H23N5OS/c1-12-13-4-2-3-5-14(13)22-17(21-12)11-24-15-6-8-23(16(15)10-18(24)25)19-20-7-9-26-19/h7,9,15-16H,2-6,8,10-11H2,1H3/t15-,16-/m0/s1. The van der Waals surface area contributed by atoms with Gasteiger partial charge in [-0.25, -0.2) is 15.0 Å². The Morgan fingerprint density at radius 2 is 2.12 bits per heavy atom. The van der Waals surface area contributed by atoms with Crippen LogP contribution in [0, 0.1) is 6.92 Å². The van der Waals surface area contributed by atoms with Gasteiger partial charge in [0.05, 0.1) is 18.6 Å². The second-order valence-electron chi connectivity index (χ2n) is 7.51. The molecule has 1 amide bonds. The number of thiazole rings is 1. The number of aryl methyl sites for hydroxylation is 2. The van der Waals surface area contributed by atoms with E-state index in [1.807, 2.05) is 16.5 Å². The van der Waals surface area contributed by atoms with Crippen molar-refractivity contribution in [2.75, 3.05) is 11.4 Å². The van der Waals surface area contributed by atoms with E-state index in [0.29, 0.717) is 13.0 Å². The molecule has 7 heteroatoms. The van der Waals surface area contributed by atoms with Gasteiger partial charge in [-0.1, -0.05) is 0 Å². The van der Waals surface area contributed by atoms with Gasteiger partial charge < -0.3 is 9.80 Å². The van der Waals surface area contributed by atoms with Crippen molar-refractivity contribution in [1.29, 1.82) is 0 Å². The molecule has 5 rings (SSSR count). The molecule has 2 fully saturated rings. The number of hydrogen-bond acceptors (Lipinski definition) is 6. The Kier molecular flexibility index (Phi) is 3.92. The molecule has 6 nitrogen and oxygen atoms in total. The molecule has 2 aromatic heterocycles. The number of rotatable bonds is 3. The van der Waals surface area contributed by atoms with E-state index in [9.17, 15) is 4.79 Å². The van der Waals surface area contributed by atoms with Crippen molar-refractivity contribution in [3.05, 3.63) is 34.4 Å². The summed E-state index contributed by atoms with van der Waals surface area (Å²) in [4.78, 5) is 31.0. The number of carbonyl (C=O) groups is 1. The van der Waals surface area contributed by atoms with Gasteiger partial charge in [0, 0.05) is 35.9 Å². The van der Waals surface area contributed by atoms with Crippen LogP contribution in [0.2, 0.25) is 0 Å². The third kappa shape index (κ3) is 2.60. The summed E-state index contributed by atoms with van der Waals surface area (Å²) in [5.41, 5.74) is 3.64. The SMILES string of the molecule is Cc1nc(CN2C(=O)C[C@H]3[C@@H]2CCN3c2nccs2)nc2c1CCCC2. The summed E-state index contributed by atoms with van der Waals surface area (Å²) in [5, 5.41) is 3.04. The molecule has 0 spiro atoms. The second kappa shape index (κ2) is 6.30. The summed E-state index contributed by atoms with van der Waals surface area (Å²) in [7, 11) is 0. The number of hydrogen-bond donors (Lipinski definition) is 0. The number of carbonyl (C=O) groups excluding carboxylic acids is 1. The highest BCUT2D eigenvalue weighted by Crippen LogP contribution is 2.37. The molecule has 0 bridgehead atoms. The molecule has 3 aliphatic rings. The zero-order valence-electron chi connectivity index (χ0n) is 15.0. The number of nitrogens with zero attached hydrogens (tertiary/aromatic N) is 5. The molecular weight excluding hydrogens is 346 g/mol. The highest BCUT2D eigenvalue weighted by atomic mass is 32.1. The fourth-order valence-corrected chi connectivity index (χ4v) is 5.52. The van der Waals surface area contributed by atoms with Crippen LogP contribution in [0.25, 0.3) is 0 Å². The Morgan fingerprint density at radius 3 is 2.96 bits per heavy atom. The van der Waals surface area contributed by atoms with Gasteiger partial charge >= 0.3 is 0 Å². The molecule has 2 atom stereocenters. The van der Waals surface area contributed by atoms with Crippen molar-refractivity contribution < 1.29 is 4.79 Å². The first kappa shape index (κ1) is 16.2. The predicted molar refractivity (Wildman–Crippen MR) is 100 cm³/mol. The van der Waals surface area contributed by atoms with E-state index in [-0.39, 0.29) is 18.0 Å². The minimum atomic E-state index is 0.222. The lowest BCUT2D eigenvalue weighted by molar-refractivity contribution is -0.129. The first-order valence-corrected chi connectivity index (χ1v) is 10.4. The van der Waals surface area contributed by atoms with E-state index >= 15 is 0 Å². The minimum Gasteiger partial charge on any atom is -0.342 e. The maximum Gasteiger partial charge on any atom is 0.225 e. The summed E-state index contributed by atoms with van der Waals surface area (Å²) < 4.78 is 0. The van der Waals surface area contributed by atoms with Gasteiger partial charge in [0.25, 0.3) is 0 Å². The Bertz CT molecular complexity index is 837. The average molecular weight is 369 g/mol. The van der Waals surface area contributed by atoms with Crippen LogP contribution in [-0.4, -0.2) is 44.4 Å². The molecule has 0 saturated carbocycles. The molecule has 2 aromatic rings.